The van der Waals surface area contributed by atoms with Crippen molar-refractivity contribution in [1.29, 1.82) is 0 Å². The van der Waals surface area contributed by atoms with Crippen LogP contribution in [0.2, 0.25) is 0 Å². The van der Waals surface area contributed by atoms with E-state index in [0.29, 0.717) is 12.1 Å². The minimum Gasteiger partial charge on any atom is -0.392 e. The van der Waals surface area contributed by atoms with Gasteiger partial charge in [-0.1, -0.05) is 13.0 Å². The number of aliphatic hydroxyl groups is 1. The van der Waals surface area contributed by atoms with E-state index in [1.54, 1.807) is 6.07 Å². The summed E-state index contributed by atoms with van der Waals surface area (Å²) in [5, 5.41) is 8.95. The predicted molar refractivity (Wildman–Crippen MR) is 80.2 cm³/mol. The van der Waals surface area contributed by atoms with Crippen molar-refractivity contribution < 1.29 is 13.5 Å². The van der Waals surface area contributed by atoms with Crippen LogP contribution in [0.15, 0.2) is 23.4 Å². The van der Waals surface area contributed by atoms with Gasteiger partial charge < -0.3 is 10.0 Å². The fraction of sp³-hybridized carbons (Fsp3) is 0.643. The number of aliphatic hydroxyl groups excluding tert-OH is 1. The zero-order chi connectivity index (χ0) is 15.5. The van der Waals surface area contributed by atoms with E-state index < -0.39 is 10.0 Å². The minimum absolute atomic E-state index is 0.00349. The Morgan fingerprint density at radius 2 is 2.05 bits per heavy atom. The second kappa shape index (κ2) is 6.39. The van der Waals surface area contributed by atoms with Crippen LogP contribution in [0.25, 0.3) is 0 Å². The Bertz CT molecular complexity index is 564. The van der Waals surface area contributed by atoms with E-state index in [4.69, 9.17) is 5.11 Å². The van der Waals surface area contributed by atoms with Crippen LogP contribution in [-0.4, -0.2) is 50.1 Å². The van der Waals surface area contributed by atoms with E-state index in [2.05, 4.69) is 28.6 Å². The number of nitrogens with zero attached hydrogens (tertiary/aromatic N) is 2. The maximum Gasteiger partial charge on any atom is 0.258 e. The Morgan fingerprint density at radius 3 is 2.57 bits per heavy atom. The van der Waals surface area contributed by atoms with Crippen LogP contribution in [0, 0.1) is 5.41 Å². The smallest absolute Gasteiger partial charge is 0.258 e. The molecule has 1 aliphatic rings. The van der Waals surface area contributed by atoms with Gasteiger partial charge in [-0.05, 0) is 50.0 Å². The molecule has 0 spiro atoms. The summed E-state index contributed by atoms with van der Waals surface area (Å²) in [7, 11) is -1.51. The molecule has 1 fully saturated rings. The first-order chi connectivity index (χ1) is 9.85. The van der Waals surface area contributed by atoms with Crippen LogP contribution in [0.3, 0.4) is 0 Å². The van der Waals surface area contributed by atoms with Crippen molar-refractivity contribution in [3.63, 3.8) is 0 Å². The number of likely N-dealkylation sites (tertiary alicyclic amines) is 1. The quantitative estimate of drug-likeness (QED) is 0.831. The van der Waals surface area contributed by atoms with Crippen molar-refractivity contribution in [3.05, 3.63) is 23.9 Å². The molecule has 21 heavy (non-hydrogen) atoms. The van der Waals surface area contributed by atoms with Crippen LogP contribution < -0.4 is 4.72 Å². The van der Waals surface area contributed by atoms with Crippen LogP contribution in [0.1, 0.15) is 25.3 Å². The summed E-state index contributed by atoms with van der Waals surface area (Å²) < 4.78 is 27.1. The summed E-state index contributed by atoms with van der Waals surface area (Å²) >= 11 is 0. The summed E-state index contributed by atoms with van der Waals surface area (Å²) in [5.41, 5.74) is 0.584. The second-order valence-electron chi connectivity index (χ2n) is 6.10. The van der Waals surface area contributed by atoms with E-state index in [0.717, 1.165) is 25.9 Å². The highest BCUT2D eigenvalue weighted by molar-refractivity contribution is 7.89. The highest BCUT2D eigenvalue weighted by Crippen LogP contribution is 2.29. The molecule has 1 aromatic rings. The van der Waals surface area contributed by atoms with Crippen molar-refractivity contribution in [2.75, 3.05) is 26.7 Å². The van der Waals surface area contributed by atoms with Gasteiger partial charge in [-0.15, -0.1) is 0 Å². The number of piperidine rings is 1. The Morgan fingerprint density at radius 1 is 1.38 bits per heavy atom. The van der Waals surface area contributed by atoms with E-state index in [1.165, 1.54) is 12.3 Å². The van der Waals surface area contributed by atoms with Crippen molar-refractivity contribution in [1.82, 2.24) is 14.6 Å². The molecule has 0 saturated carbocycles. The van der Waals surface area contributed by atoms with Gasteiger partial charge in [-0.2, -0.15) is 0 Å². The third-order valence-corrected chi connectivity index (χ3v) is 5.46. The lowest BCUT2D eigenvalue weighted by molar-refractivity contribution is 0.143. The first kappa shape index (κ1) is 16.4. The van der Waals surface area contributed by atoms with Gasteiger partial charge in [-0.3, -0.25) is 0 Å². The van der Waals surface area contributed by atoms with E-state index in [9.17, 15) is 8.42 Å². The van der Waals surface area contributed by atoms with E-state index in [1.807, 2.05) is 0 Å². The van der Waals surface area contributed by atoms with Gasteiger partial charge in [-0.25, -0.2) is 18.1 Å². The van der Waals surface area contributed by atoms with Gasteiger partial charge >= 0.3 is 0 Å². The summed E-state index contributed by atoms with van der Waals surface area (Å²) in [5.74, 6) is 0. The standard InChI is InChI=1S/C14H23N3O3S/c1-14(5-7-17(2)8-6-14)11-16-21(19,20)13-4-3-12(10-18)9-15-13/h3-4,9,16,18H,5-8,10-11H2,1-2H3. The Labute approximate surface area is 126 Å². The first-order valence-electron chi connectivity index (χ1n) is 7.09. The number of hydrogen-bond acceptors (Lipinski definition) is 5. The molecule has 7 heteroatoms. The lowest BCUT2D eigenvalue weighted by atomic mass is 9.81. The predicted octanol–water partition coefficient (Wildman–Crippen LogP) is 0.584. The van der Waals surface area contributed by atoms with Gasteiger partial charge in [0.1, 0.15) is 0 Å². The summed E-state index contributed by atoms with van der Waals surface area (Å²) in [6.07, 6.45) is 3.33. The van der Waals surface area contributed by atoms with E-state index in [-0.39, 0.29) is 17.0 Å². The van der Waals surface area contributed by atoms with Gasteiger partial charge in [0.2, 0.25) is 0 Å². The van der Waals surface area contributed by atoms with Crippen molar-refractivity contribution in [2.45, 2.75) is 31.4 Å². The molecule has 1 saturated heterocycles. The molecule has 0 amide bonds. The molecule has 118 valence electrons. The molecule has 1 aliphatic heterocycles. The summed E-state index contributed by atoms with van der Waals surface area (Å²) in [4.78, 5) is 6.16. The third-order valence-electron chi connectivity index (χ3n) is 4.14. The first-order valence-corrected chi connectivity index (χ1v) is 8.57. The fourth-order valence-corrected chi connectivity index (χ4v) is 3.47. The highest BCUT2D eigenvalue weighted by Gasteiger charge is 2.30. The molecule has 2 N–H and O–H groups in total. The molecule has 0 radical (unpaired) electrons. The lowest BCUT2D eigenvalue weighted by Gasteiger charge is -2.37. The zero-order valence-corrected chi connectivity index (χ0v) is 13.4. The number of aromatic nitrogens is 1. The SMILES string of the molecule is CN1CCC(C)(CNS(=O)(=O)c2ccc(CO)cn2)CC1. The fourth-order valence-electron chi connectivity index (χ4n) is 2.34. The molecule has 6 nitrogen and oxygen atoms in total. The Balaban J connectivity index is 2.00. The second-order valence-corrected chi connectivity index (χ2v) is 7.82. The maximum absolute atomic E-state index is 12.2. The number of pyridine rings is 1. The Hall–Kier alpha value is -1.02. The molecule has 0 aliphatic carbocycles. The van der Waals surface area contributed by atoms with Crippen LogP contribution in [0.4, 0.5) is 0 Å². The molecule has 0 bridgehead atoms. The van der Waals surface area contributed by atoms with Gasteiger partial charge in [0.25, 0.3) is 10.0 Å². The molecule has 0 atom stereocenters. The van der Waals surface area contributed by atoms with Gasteiger partial charge in [0, 0.05) is 12.7 Å². The summed E-state index contributed by atoms with van der Waals surface area (Å²) in [6.45, 7) is 4.37. The molecule has 0 aromatic carbocycles. The molecule has 2 rings (SSSR count). The van der Waals surface area contributed by atoms with Crippen LogP contribution in [0.5, 0.6) is 0 Å². The normalized spacial score (nSPS) is 19.6. The van der Waals surface area contributed by atoms with Crippen molar-refractivity contribution in [3.8, 4) is 0 Å². The molecule has 0 unspecified atom stereocenters. The minimum atomic E-state index is -3.59. The van der Waals surface area contributed by atoms with Gasteiger partial charge in [0.15, 0.2) is 5.03 Å². The number of nitrogens with one attached hydrogen (secondary N) is 1. The molecular weight excluding hydrogens is 290 g/mol. The maximum atomic E-state index is 12.2. The average Bonchev–Trinajstić information content (AvgIpc) is 2.49. The zero-order valence-electron chi connectivity index (χ0n) is 12.5. The molecule has 1 aromatic heterocycles. The topological polar surface area (TPSA) is 82.5 Å². The lowest BCUT2D eigenvalue weighted by Crippen LogP contribution is -2.43. The van der Waals surface area contributed by atoms with Crippen molar-refractivity contribution in [2.24, 2.45) is 5.41 Å². The third kappa shape index (κ3) is 4.23. The van der Waals surface area contributed by atoms with Crippen LogP contribution >= 0.6 is 0 Å². The van der Waals surface area contributed by atoms with Crippen LogP contribution in [-0.2, 0) is 16.6 Å². The average molecular weight is 313 g/mol. The van der Waals surface area contributed by atoms with Gasteiger partial charge in [0.05, 0.1) is 6.61 Å². The molecule has 2 heterocycles. The monoisotopic (exact) mass is 313 g/mol. The highest BCUT2D eigenvalue weighted by atomic mass is 32.2. The largest absolute Gasteiger partial charge is 0.392 e. The van der Waals surface area contributed by atoms with Crippen molar-refractivity contribution >= 4 is 10.0 Å². The number of rotatable bonds is 5. The van der Waals surface area contributed by atoms with E-state index >= 15 is 0 Å². The number of hydrogen-bond donors (Lipinski definition) is 2. The molecular formula is C14H23N3O3S. The Kier molecular flexibility index (Phi) is 4.98. The number of sulfonamides is 1. The summed E-state index contributed by atoms with van der Waals surface area (Å²) in [6, 6.07) is 2.99.